The number of amides is 5. The number of aromatic nitrogens is 2. The standard InChI is InChI=1S/C45H54FN7O10S/c1-45(2,37(46)26-48-41(55)32-25-47-38(24-34(32)50-29-8-9-29)51-30-10-11-33-36(23-30)64-27-49-33)63-22-21-62-20-19-61-18-17-60-16-15-59-14-4-6-28-5-3-7-31-40(28)44(58)53(43(31)57)35-12-13-39(54)52-42(35)56/h3,5,7,10-11,23-25,27,29,35,37H,4,6,8-9,12-22,26H2,1-2H3,(H,48,55)(H2,47,50,51)(H,52,54,56). The highest BCUT2D eigenvalue weighted by Crippen LogP contribution is 2.32. The number of fused-ring (bicyclic) bond motifs is 2. The molecule has 2 aliphatic heterocycles. The van der Waals surface area contributed by atoms with E-state index in [1.54, 1.807) is 55.0 Å². The number of alkyl halides is 1. The van der Waals surface area contributed by atoms with Crippen molar-refractivity contribution in [3.05, 3.63) is 76.4 Å². The van der Waals surface area contributed by atoms with Crippen LogP contribution in [0.4, 0.5) is 21.6 Å². The highest BCUT2D eigenvalue weighted by molar-refractivity contribution is 7.16. The quantitative estimate of drug-likeness (QED) is 0.0485. The number of benzene rings is 2. The van der Waals surface area contributed by atoms with E-state index in [-0.39, 0.29) is 44.2 Å². The molecule has 1 saturated carbocycles. The topological polar surface area (TPSA) is 209 Å². The Balaban J connectivity index is 0.702. The number of carbonyl (C=O) groups excluding carboxylic acids is 5. The monoisotopic (exact) mass is 903 g/mol. The van der Waals surface area contributed by atoms with Crippen molar-refractivity contribution in [1.29, 1.82) is 0 Å². The molecule has 1 aliphatic carbocycles. The second-order valence-corrected chi connectivity index (χ2v) is 17.0. The number of piperidine rings is 1. The molecule has 2 atom stereocenters. The van der Waals surface area contributed by atoms with Crippen LogP contribution in [-0.4, -0.2) is 134 Å². The first kappa shape index (κ1) is 46.5. The van der Waals surface area contributed by atoms with Crippen LogP contribution >= 0.6 is 11.3 Å². The number of hydrogen-bond acceptors (Lipinski definition) is 15. The minimum atomic E-state index is -1.49. The van der Waals surface area contributed by atoms with Crippen LogP contribution < -0.4 is 21.3 Å². The van der Waals surface area contributed by atoms with Gasteiger partial charge in [-0.25, -0.2) is 14.4 Å². The van der Waals surface area contributed by atoms with E-state index in [4.69, 9.17) is 23.7 Å². The van der Waals surface area contributed by atoms with E-state index in [9.17, 15) is 24.0 Å². The molecule has 1 saturated heterocycles. The molecule has 4 heterocycles. The number of pyridine rings is 1. The summed E-state index contributed by atoms with van der Waals surface area (Å²) in [7, 11) is 0. The van der Waals surface area contributed by atoms with Crippen LogP contribution in [0.2, 0.25) is 0 Å². The predicted octanol–water partition coefficient (Wildman–Crippen LogP) is 4.97. The highest BCUT2D eigenvalue weighted by Gasteiger charge is 2.45. The fourth-order valence-electron chi connectivity index (χ4n) is 7.25. The fourth-order valence-corrected chi connectivity index (χ4v) is 7.97. The van der Waals surface area contributed by atoms with Gasteiger partial charge in [-0.15, -0.1) is 11.3 Å². The fraction of sp³-hybridized carbons (Fsp3) is 0.489. The van der Waals surface area contributed by atoms with Gasteiger partial charge in [0.05, 0.1) is 103 Å². The SMILES string of the molecule is CC(C)(OCCOCCOCCOCCOCCCc1cccc2c1C(=O)N(C1CCC(=O)NC1=O)C2=O)C(F)CNC(=O)c1cnc(Nc2ccc3ncsc3c2)cc1NC1CC1. The summed E-state index contributed by atoms with van der Waals surface area (Å²) >= 11 is 1.55. The summed E-state index contributed by atoms with van der Waals surface area (Å²) in [5.41, 5.74) is 4.63. The van der Waals surface area contributed by atoms with E-state index in [0.717, 1.165) is 33.6 Å². The highest BCUT2D eigenvalue weighted by atomic mass is 32.1. The summed E-state index contributed by atoms with van der Waals surface area (Å²) in [5.74, 6) is -1.95. The Bertz CT molecular complexity index is 2310. The molecule has 19 heteroatoms. The number of imide groups is 2. The molecule has 2 aromatic carbocycles. The largest absolute Gasteiger partial charge is 0.382 e. The molecule has 7 rings (SSSR count). The Hall–Kier alpha value is -5.44. The zero-order chi connectivity index (χ0) is 45.1. The molecular formula is C45H54FN7O10S. The molecule has 342 valence electrons. The lowest BCUT2D eigenvalue weighted by molar-refractivity contribution is -0.136. The van der Waals surface area contributed by atoms with E-state index < -0.39 is 47.4 Å². The van der Waals surface area contributed by atoms with Gasteiger partial charge in [-0.2, -0.15) is 0 Å². The van der Waals surface area contributed by atoms with Gasteiger partial charge >= 0.3 is 0 Å². The van der Waals surface area contributed by atoms with Gasteiger partial charge in [-0.1, -0.05) is 12.1 Å². The van der Waals surface area contributed by atoms with Crippen molar-refractivity contribution in [1.82, 2.24) is 25.5 Å². The Morgan fingerprint density at radius 2 is 1.62 bits per heavy atom. The minimum absolute atomic E-state index is 0.0663. The van der Waals surface area contributed by atoms with Crippen LogP contribution in [0, 0.1) is 0 Å². The Labute approximate surface area is 374 Å². The molecule has 4 N–H and O–H groups in total. The number of halogens is 1. The van der Waals surface area contributed by atoms with E-state index in [0.29, 0.717) is 87.3 Å². The average Bonchev–Trinajstić information content (AvgIpc) is 3.90. The maximum absolute atomic E-state index is 15.4. The third kappa shape index (κ3) is 12.2. The van der Waals surface area contributed by atoms with E-state index >= 15 is 4.39 Å². The van der Waals surface area contributed by atoms with Crippen LogP contribution in [0.1, 0.15) is 82.6 Å². The van der Waals surface area contributed by atoms with Crippen molar-refractivity contribution >= 4 is 68.3 Å². The van der Waals surface area contributed by atoms with Crippen molar-refractivity contribution in [3.63, 3.8) is 0 Å². The average molecular weight is 904 g/mol. The van der Waals surface area contributed by atoms with Gasteiger partial charge in [0.2, 0.25) is 11.8 Å². The minimum Gasteiger partial charge on any atom is -0.382 e. The first-order valence-electron chi connectivity index (χ1n) is 21.6. The summed E-state index contributed by atoms with van der Waals surface area (Å²) in [5, 5.41) is 11.6. The van der Waals surface area contributed by atoms with Gasteiger partial charge in [-0.05, 0) is 75.8 Å². The maximum Gasteiger partial charge on any atom is 0.262 e. The molecule has 2 aromatic heterocycles. The lowest BCUT2D eigenvalue weighted by Crippen LogP contribution is -2.54. The van der Waals surface area contributed by atoms with Gasteiger partial charge in [0.1, 0.15) is 18.0 Å². The number of aryl methyl sites for hydroxylation is 1. The van der Waals surface area contributed by atoms with Gasteiger partial charge < -0.3 is 39.6 Å². The van der Waals surface area contributed by atoms with Crippen molar-refractivity contribution < 1.29 is 52.0 Å². The van der Waals surface area contributed by atoms with Crippen molar-refractivity contribution in [3.8, 4) is 0 Å². The third-order valence-electron chi connectivity index (χ3n) is 11.0. The molecule has 17 nitrogen and oxygen atoms in total. The number of anilines is 3. The summed E-state index contributed by atoms with van der Waals surface area (Å²) in [6.45, 7) is 5.97. The lowest BCUT2D eigenvalue weighted by Gasteiger charge is -2.29. The van der Waals surface area contributed by atoms with Crippen LogP contribution in [0.25, 0.3) is 10.2 Å². The Morgan fingerprint density at radius 1 is 0.906 bits per heavy atom. The molecule has 2 unspecified atom stereocenters. The number of ether oxygens (including phenoxy) is 5. The smallest absolute Gasteiger partial charge is 0.262 e. The van der Waals surface area contributed by atoms with Crippen molar-refractivity contribution in [2.24, 2.45) is 0 Å². The number of nitrogens with one attached hydrogen (secondary N) is 4. The van der Waals surface area contributed by atoms with Crippen molar-refractivity contribution in [2.75, 3.05) is 76.6 Å². The lowest BCUT2D eigenvalue weighted by atomic mass is 9.99. The number of carbonyl (C=O) groups is 5. The summed E-state index contributed by atoms with van der Waals surface area (Å²) in [4.78, 5) is 73.2. The Kier molecular flexibility index (Phi) is 16.0. The normalized spacial score (nSPS) is 16.9. The molecular weight excluding hydrogens is 850 g/mol. The summed E-state index contributed by atoms with van der Waals surface area (Å²) < 4.78 is 44.6. The summed E-state index contributed by atoms with van der Waals surface area (Å²) in [6, 6.07) is 12.0. The van der Waals surface area contributed by atoms with Crippen molar-refractivity contribution in [2.45, 2.75) is 76.2 Å². The second-order valence-electron chi connectivity index (χ2n) is 16.2. The molecule has 3 aliphatic rings. The predicted molar refractivity (Wildman–Crippen MR) is 236 cm³/mol. The van der Waals surface area contributed by atoms with Crippen LogP contribution in [0.3, 0.4) is 0 Å². The van der Waals surface area contributed by atoms with Crippen LogP contribution in [0.5, 0.6) is 0 Å². The maximum atomic E-state index is 15.4. The molecule has 4 aromatic rings. The molecule has 2 fully saturated rings. The molecule has 64 heavy (non-hydrogen) atoms. The molecule has 0 bridgehead atoms. The van der Waals surface area contributed by atoms with E-state index in [1.807, 2.05) is 18.2 Å². The number of nitrogens with zero attached hydrogens (tertiary/aromatic N) is 3. The molecule has 0 radical (unpaired) electrons. The summed E-state index contributed by atoms with van der Waals surface area (Å²) in [6.07, 6.45) is 3.31. The van der Waals surface area contributed by atoms with Gasteiger partial charge in [-0.3, -0.25) is 34.2 Å². The number of rotatable bonds is 26. The third-order valence-corrected chi connectivity index (χ3v) is 11.8. The second kappa shape index (κ2) is 22.0. The molecule has 5 amide bonds. The van der Waals surface area contributed by atoms with Gasteiger partial charge in [0, 0.05) is 37.0 Å². The van der Waals surface area contributed by atoms with Crippen LogP contribution in [-0.2, 0) is 39.7 Å². The zero-order valence-corrected chi connectivity index (χ0v) is 36.8. The first-order valence-corrected chi connectivity index (χ1v) is 22.4. The van der Waals surface area contributed by atoms with E-state index in [2.05, 4.69) is 31.2 Å². The zero-order valence-electron chi connectivity index (χ0n) is 36.0. The number of hydrogen-bond donors (Lipinski definition) is 4. The van der Waals surface area contributed by atoms with Gasteiger partial charge in [0.15, 0.2) is 0 Å². The van der Waals surface area contributed by atoms with E-state index in [1.165, 1.54) is 6.20 Å². The molecule has 0 spiro atoms. The Morgan fingerprint density at radius 3 is 2.34 bits per heavy atom. The van der Waals surface area contributed by atoms with Crippen LogP contribution in [0.15, 0.2) is 54.2 Å². The first-order chi connectivity index (χ1) is 31.0. The number of thiazole rings is 1. The van der Waals surface area contributed by atoms with Gasteiger partial charge in [0.25, 0.3) is 17.7 Å².